The van der Waals surface area contributed by atoms with Crippen LogP contribution < -0.4 is 4.72 Å². The number of hydrogen-bond donors (Lipinski definition) is 2. The van der Waals surface area contributed by atoms with Crippen LogP contribution in [-0.2, 0) is 19.9 Å². The number of nitriles is 2. The molecule has 1 rings (SSSR count). The van der Waals surface area contributed by atoms with Crippen LogP contribution in [-0.4, -0.2) is 46.1 Å². The third kappa shape index (κ3) is 5.58. The lowest BCUT2D eigenvalue weighted by Gasteiger charge is -2.11. The van der Waals surface area contributed by atoms with Crippen molar-refractivity contribution in [2.75, 3.05) is 18.1 Å². The quantitative estimate of drug-likeness (QED) is 0.648. The molecule has 0 aromatic heterocycles. The first-order chi connectivity index (χ1) is 11.1. The molecule has 0 bridgehead atoms. The van der Waals surface area contributed by atoms with E-state index in [1.165, 1.54) is 19.1 Å². The van der Waals surface area contributed by atoms with Crippen molar-refractivity contribution in [3.8, 4) is 12.1 Å². The Morgan fingerprint density at radius 1 is 1.12 bits per heavy atom. The third-order valence-electron chi connectivity index (χ3n) is 3.07. The Balaban J connectivity index is 2.82. The molecule has 0 saturated heterocycles. The number of benzene rings is 1. The van der Waals surface area contributed by atoms with E-state index in [0.717, 1.165) is 6.07 Å². The SMILES string of the molecule is CC(CO)NS(=O)(=O)CCCS(=O)(=O)c1ccc(C#N)c(C#N)c1. The Hall–Kier alpha value is -1.98. The molecule has 0 spiro atoms. The maximum Gasteiger partial charge on any atom is 0.211 e. The van der Waals surface area contributed by atoms with Crippen LogP contribution in [0.3, 0.4) is 0 Å². The number of rotatable bonds is 8. The number of sulfonamides is 1. The summed E-state index contributed by atoms with van der Waals surface area (Å²) < 4.78 is 50.1. The summed E-state index contributed by atoms with van der Waals surface area (Å²) in [5.74, 6) is -0.823. The van der Waals surface area contributed by atoms with Gasteiger partial charge in [-0.15, -0.1) is 0 Å². The lowest BCUT2D eigenvalue weighted by atomic mass is 10.1. The molecule has 0 aliphatic rings. The molecule has 0 aliphatic heterocycles. The van der Waals surface area contributed by atoms with Crippen molar-refractivity contribution in [3.05, 3.63) is 29.3 Å². The molecule has 0 aliphatic carbocycles. The zero-order chi connectivity index (χ0) is 18.4. The maximum atomic E-state index is 12.2. The van der Waals surface area contributed by atoms with E-state index in [9.17, 15) is 16.8 Å². The molecule has 0 radical (unpaired) electrons. The highest BCUT2D eigenvalue weighted by molar-refractivity contribution is 7.91. The highest BCUT2D eigenvalue weighted by atomic mass is 32.2. The first-order valence-electron chi connectivity index (χ1n) is 6.93. The standard InChI is InChI=1S/C14H17N3O5S2/c1-11(10-18)17-24(21,22)6-2-5-23(19,20)14-4-3-12(8-15)13(7-14)9-16/h3-4,7,11,17-18H,2,5-6,10H2,1H3. The minimum Gasteiger partial charge on any atom is -0.395 e. The van der Waals surface area contributed by atoms with E-state index >= 15 is 0 Å². The van der Waals surface area contributed by atoms with Gasteiger partial charge >= 0.3 is 0 Å². The van der Waals surface area contributed by atoms with Crippen LogP contribution in [0.25, 0.3) is 0 Å². The smallest absolute Gasteiger partial charge is 0.211 e. The van der Waals surface area contributed by atoms with Gasteiger partial charge in [-0.05, 0) is 31.5 Å². The van der Waals surface area contributed by atoms with Crippen LogP contribution >= 0.6 is 0 Å². The molecule has 2 N–H and O–H groups in total. The fourth-order valence-electron chi connectivity index (χ4n) is 1.87. The molecule has 1 aromatic carbocycles. The maximum absolute atomic E-state index is 12.2. The molecule has 1 atom stereocenters. The average molecular weight is 371 g/mol. The molecule has 1 unspecified atom stereocenters. The highest BCUT2D eigenvalue weighted by Gasteiger charge is 2.19. The molecule has 10 heteroatoms. The predicted octanol–water partition coefficient (Wildman–Crippen LogP) is -0.106. The van der Waals surface area contributed by atoms with E-state index in [1.807, 2.05) is 0 Å². The third-order valence-corrected chi connectivity index (χ3v) is 6.46. The Morgan fingerprint density at radius 3 is 2.29 bits per heavy atom. The van der Waals surface area contributed by atoms with Gasteiger partial charge in [0.25, 0.3) is 0 Å². The van der Waals surface area contributed by atoms with E-state index in [-0.39, 0.29) is 29.1 Å². The van der Waals surface area contributed by atoms with Gasteiger partial charge in [0.05, 0.1) is 34.1 Å². The first kappa shape index (κ1) is 20.1. The summed E-state index contributed by atoms with van der Waals surface area (Å²) in [4.78, 5) is -0.132. The van der Waals surface area contributed by atoms with Gasteiger partial charge < -0.3 is 5.11 Å². The summed E-state index contributed by atoms with van der Waals surface area (Å²) in [5.41, 5.74) is 0.0193. The molecule has 24 heavy (non-hydrogen) atoms. The van der Waals surface area contributed by atoms with Crippen molar-refractivity contribution in [3.63, 3.8) is 0 Å². The fraction of sp³-hybridized carbons (Fsp3) is 0.429. The molecule has 0 amide bonds. The van der Waals surface area contributed by atoms with Gasteiger partial charge in [-0.1, -0.05) is 0 Å². The largest absolute Gasteiger partial charge is 0.395 e. The van der Waals surface area contributed by atoms with Crippen LogP contribution in [0.4, 0.5) is 0 Å². The Labute approximate surface area is 141 Å². The van der Waals surface area contributed by atoms with Gasteiger partial charge in [0.15, 0.2) is 9.84 Å². The van der Waals surface area contributed by atoms with Crippen molar-refractivity contribution in [1.29, 1.82) is 10.5 Å². The number of sulfone groups is 1. The van der Waals surface area contributed by atoms with E-state index in [1.54, 1.807) is 12.1 Å². The minimum atomic E-state index is -3.78. The highest BCUT2D eigenvalue weighted by Crippen LogP contribution is 2.17. The summed E-state index contributed by atoms with van der Waals surface area (Å²) >= 11 is 0. The van der Waals surface area contributed by atoms with Crippen molar-refractivity contribution in [2.45, 2.75) is 24.3 Å². The second-order valence-electron chi connectivity index (χ2n) is 5.12. The second-order valence-corrected chi connectivity index (χ2v) is 9.11. The van der Waals surface area contributed by atoms with E-state index < -0.39 is 37.4 Å². The van der Waals surface area contributed by atoms with Crippen LogP contribution in [0, 0.1) is 22.7 Å². The summed E-state index contributed by atoms with van der Waals surface area (Å²) in [6, 6.07) is 6.45. The van der Waals surface area contributed by atoms with Gasteiger partial charge in [-0.25, -0.2) is 21.6 Å². The second kappa shape index (κ2) is 8.22. The topological polar surface area (TPSA) is 148 Å². The molecule has 0 heterocycles. The lowest BCUT2D eigenvalue weighted by molar-refractivity contribution is 0.265. The van der Waals surface area contributed by atoms with Crippen molar-refractivity contribution in [1.82, 2.24) is 4.72 Å². The average Bonchev–Trinajstić information content (AvgIpc) is 2.53. The van der Waals surface area contributed by atoms with Crippen LogP contribution in [0.1, 0.15) is 24.5 Å². The van der Waals surface area contributed by atoms with Gasteiger partial charge in [0.2, 0.25) is 10.0 Å². The Bertz CT molecular complexity index is 880. The lowest BCUT2D eigenvalue weighted by Crippen LogP contribution is -2.36. The van der Waals surface area contributed by atoms with E-state index in [0.29, 0.717) is 0 Å². The number of nitrogens with one attached hydrogen (secondary N) is 1. The Kier molecular flexibility index (Phi) is 6.87. The van der Waals surface area contributed by atoms with Crippen molar-refractivity contribution in [2.24, 2.45) is 0 Å². The summed E-state index contributed by atoms with van der Waals surface area (Å²) in [6.45, 7) is 1.12. The molecule has 130 valence electrons. The molecule has 0 fully saturated rings. The van der Waals surface area contributed by atoms with Crippen LogP contribution in [0.15, 0.2) is 23.1 Å². The zero-order valence-electron chi connectivity index (χ0n) is 12.9. The molecular weight excluding hydrogens is 354 g/mol. The molecular formula is C14H17N3O5S2. The van der Waals surface area contributed by atoms with Crippen LogP contribution in [0.2, 0.25) is 0 Å². The monoisotopic (exact) mass is 371 g/mol. The molecule has 1 aromatic rings. The minimum absolute atomic E-state index is 0.0513. The summed E-state index contributed by atoms with van der Waals surface area (Å²) in [7, 11) is -7.47. The first-order valence-corrected chi connectivity index (χ1v) is 10.2. The predicted molar refractivity (Wildman–Crippen MR) is 86.0 cm³/mol. The van der Waals surface area contributed by atoms with E-state index in [2.05, 4.69) is 4.72 Å². The van der Waals surface area contributed by atoms with Crippen molar-refractivity contribution < 1.29 is 21.9 Å². The van der Waals surface area contributed by atoms with Gasteiger partial charge in [-0.3, -0.25) is 0 Å². The number of nitrogens with zero attached hydrogens (tertiary/aromatic N) is 2. The van der Waals surface area contributed by atoms with E-state index in [4.69, 9.17) is 15.6 Å². The summed E-state index contributed by atoms with van der Waals surface area (Å²) in [5, 5.41) is 26.6. The molecule has 0 saturated carbocycles. The van der Waals surface area contributed by atoms with Gasteiger partial charge in [0.1, 0.15) is 12.1 Å². The number of hydrogen-bond acceptors (Lipinski definition) is 7. The number of aliphatic hydroxyl groups is 1. The fourth-order valence-corrected chi connectivity index (χ4v) is 4.71. The van der Waals surface area contributed by atoms with Crippen LogP contribution in [0.5, 0.6) is 0 Å². The normalized spacial score (nSPS) is 13.0. The molecule has 8 nitrogen and oxygen atoms in total. The zero-order valence-corrected chi connectivity index (χ0v) is 14.6. The Morgan fingerprint density at radius 2 is 1.75 bits per heavy atom. The van der Waals surface area contributed by atoms with Gasteiger partial charge in [-0.2, -0.15) is 10.5 Å². The summed E-state index contributed by atoms with van der Waals surface area (Å²) in [6.07, 6.45) is -0.141. The van der Waals surface area contributed by atoms with Gasteiger partial charge in [0, 0.05) is 6.04 Å². The van der Waals surface area contributed by atoms with Crippen molar-refractivity contribution >= 4 is 19.9 Å². The number of aliphatic hydroxyl groups excluding tert-OH is 1.